The van der Waals surface area contributed by atoms with E-state index in [0.29, 0.717) is 27.9 Å². The number of ether oxygens (including phenoxy) is 1. The Kier molecular flexibility index (Phi) is 10.8. The fourth-order valence-corrected chi connectivity index (χ4v) is 5.24. The summed E-state index contributed by atoms with van der Waals surface area (Å²) in [7, 11) is 1.22. The number of aliphatic hydroxyl groups excluding tert-OH is 2. The van der Waals surface area contributed by atoms with E-state index in [1.807, 2.05) is 13.8 Å². The van der Waals surface area contributed by atoms with E-state index >= 15 is 0 Å². The minimum atomic E-state index is -1.31. The molecular weight excluding hydrogens is 598 g/mol. The second-order valence-electron chi connectivity index (χ2n) is 10.9. The highest BCUT2D eigenvalue weighted by atomic mass is 19.1. The van der Waals surface area contributed by atoms with Gasteiger partial charge in [-0.05, 0) is 67.4 Å². The third-order valence-corrected chi connectivity index (χ3v) is 7.22. The lowest BCUT2D eigenvalue weighted by Crippen LogP contribution is -2.21. The number of halogens is 2. The third-order valence-electron chi connectivity index (χ3n) is 7.22. The number of aromatic nitrogens is 1. The predicted octanol–water partition coefficient (Wildman–Crippen LogP) is 6.32. The van der Waals surface area contributed by atoms with Crippen LogP contribution in [0.3, 0.4) is 0 Å². The van der Waals surface area contributed by atoms with Gasteiger partial charge in [0.2, 0.25) is 0 Å². The molecular formula is C35H34F2N2O7. The van der Waals surface area contributed by atoms with Crippen LogP contribution < -0.4 is 5.32 Å². The van der Waals surface area contributed by atoms with Crippen molar-refractivity contribution in [2.75, 3.05) is 12.4 Å². The monoisotopic (exact) mass is 632 g/mol. The van der Waals surface area contributed by atoms with Crippen LogP contribution in [0.5, 0.6) is 0 Å². The summed E-state index contributed by atoms with van der Waals surface area (Å²) < 4.78 is 34.8. The summed E-state index contributed by atoms with van der Waals surface area (Å²) in [5, 5.41) is 32.6. The number of hydrogen-bond donors (Lipinski definition) is 4. The Labute approximate surface area is 264 Å². The number of aliphatic carboxylic acids is 1. The van der Waals surface area contributed by atoms with Gasteiger partial charge < -0.3 is 29.9 Å². The molecule has 11 heteroatoms. The summed E-state index contributed by atoms with van der Waals surface area (Å²) in [6.07, 6.45) is -0.474. The summed E-state index contributed by atoms with van der Waals surface area (Å²) in [5.41, 5.74) is 2.63. The smallest absolute Gasteiger partial charge is 0.339 e. The molecule has 46 heavy (non-hydrogen) atoms. The Morgan fingerprint density at radius 2 is 1.46 bits per heavy atom. The number of aliphatic hydroxyl groups is 2. The Morgan fingerprint density at radius 3 is 2.00 bits per heavy atom. The number of carbonyl (C=O) groups is 3. The van der Waals surface area contributed by atoms with Gasteiger partial charge in [-0.2, -0.15) is 0 Å². The number of carbonyl (C=O) groups excluding carboxylic acids is 2. The predicted molar refractivity (Wildman–Crippen MR) is 169 cm³/mol. The van der Waals surface area contributed by atoms with Crippen molar-refractivity contribution in [1.82, 2.24) is 4.57 Å². The summed E-state index contributed by atoms with van der Waals surface area (Å²) >= 11 is 0. The number of carboxylic acid groups (broad SMARTS) is 1. The molecule has 4 rings (SSSR count). The van der Waals surface area contributed by atoms with Crippen molar-refractivity contribution in [3.05, 3.63) is 107 Å². The Balaban J connectivity index is 2.00. The highest BCUT2D eigenvalue weighted by molar-refractivity contribution is 6.13. The average molecular weight is 633 g/mol. The summed E-state index contributed by atoms with van der Waals surface area (Å²) in [5.74, 6) is -3.50. The first-order valence-corrected chi connectivity index (χ1v) is 14.5. The zero-order chi connectivity index (χ0) is 33.5. The normalized spacial score (nSPS) is 12.7. The molecule has 0 saturated carbocycles. The van der Waals surface area contributed by atoms with Crippen molar-refractivity contribution in [3.63, 3.8) is 0 Å². The molecule has 0 fully saturated rings. The Morgan fingerprint density at radius 1 is 0.891 bits per heavy atom. The lowest BCUT2D eigenvalue weighted by atomic mass is 9.94. The van der Waals surface area contributed by atoms with E-state index in [2.05, 4.69) is 5.32 Å². The van der Waals surface area contributed by atoms with Gasteiger partial charge in [-0.25, -0.2) is 13.6 Å². The number of rotatable bonds is 12. The van der Waals surface area contributed by atoms with Gasteiger partial charge in [0.1, 0.15) is 17.3 Å². The highest BCUT2D eigenvalue weighted by Gasteiger charge is 2.30. The van der Waals surface area contributed by atoms with E-state index in [1.54, 1.807) is 28.8 Å². The van der Waals surface area contributed by atoms with E-state index in [4.69, 9.17) is 9.84 Å². The van der Waals surface area contributed by atoms with Crippen molar-refractivity contribution in [2.24, 2.45) is 0 Å². The molecule has 0 aliphatic rings. The van der Waals surface area contributed by atoms with Crippen LogP contribution in [0.4, 0.5) is 14.5 Å². The zero-order valence-electron chi connectivity index (χ0n) is 25.4. The number of carboxylic acids is 1. The number of para-hydroxylation sites is 1. The second-order valence-corrected chi connectivity index (χ2v) is 10.9. The molecule has 0 radical (unpaired) electrons. The number of anilines is 1. The Hall–Kier alpha value is -5.13. The molecule has 9 nitrogen and oxygen atoms in total. The molecule has 4 aromatic rings. The van der Waals surface area contributed by atoms with Crippen LogP contribution in [0.1, 0.15) is 59.3 Å². The van der Waals surface area contributed by atoms with Gasteiger partial charge in [-0.15, -0.1) is 0 Å². The van der Waals surface area contributed by atoms with Gasteiger partial charge in [-0.1, -0.05) is 42.5 Å². The molecule has 0 saturated heterocycles. The molecule has 0 unspecified atom stereocenters. The van der Waals surface area contributed by atoms with Crippen molar-refractivity contribution in [3.8, 4) is 22.3 Å². The molecule has 2 atom stereocenters. The van der Waals surface area contributed by atoms with Crippen molar-refractivity contribution >= 4 is 29.6 Å². The second kappa shape index (κ2) is 14.8. The van der Waals surface area contributed by atoms with Crippen LogP contribution in [0, 0.1) is 11.6 Å². The third kappa shape index (κ3) is 7.74. The number of nitrogens with zero attached hydrogens (tertiary/aromatic N) is 1. The fourth-order valence-electron chi connectivity index (χ4n) is 5.24. The van der Waals surface area contributed by atoms with E-state index < -0.39 is 48.1 Å². The van der Waals surface area contributed by atoms with E-state index in [9.17, 15) is 33.4 Å². The molecule has 0 spiro atoms. The van der Waals surface area contributed by atoms with Gasteiger partial charge in [0.05, 0.1) is 37.0 Å². The standard InChI is InChI=1S/C35H34F2N2O7/c1-20(2)39-29(17-16-25(40)18-26(41)19-30(42)43)31(21-8-12-23(36)13-9-21)32(22-10-14-24(37)15-11-22)33(39)34(44)38-28-7-5-4-6-27(28)35(45)46-3/h4-17,20,25-26,40-41H,18-19H2,1-3H3,(H,38,44)(H,42,43)/t25-,26-/m0/s1. The molecule has 0 bridgehead atoms. The van der Waals surface area contributed by atoms with Gasteiger partial charge in [0, 0.05) is 29.3 Å². The highest BCUT2D eigenvalue weighted by Crippen LogP contribution is 2.43. The van der Waals surface area contributed by atoms with Gasteiger partial charge in [-0.3, -0.25) is 9.59 Å². The zero-order valence-corrected chi connectivity index (χ0v) is 25.4. The van der Waals surface area contributed by atoms with Crippen LogP contribution in [0.15, 0.2) is 78.9 Å². The molecule has 0 aliphatic carbocycles. The maximum Gasteiger partial charge on any atom is 0.339 e. The quantitative estimate of drug-likeness (QED) is 0.134. The minimum Gasteiger partial charge on any atom is -0.481 e. The maximum atomic E-state index is 14.3. The van der Waals surface area contributed by atoms with Crippen LogP contribution in [-0.4, -0.2) is 57.1 Å². The largest absolute Gasteiger partial charge is 0.481 e. The van der Waals surface area contributed by atoms with Crippen molar-refractivity contribution in [1.29, 1.82) is 0 Å². The first-order chi connectivity index (χ1) is 21.9. The molecule has 0 aliphatic heterocycles. The Bertz CT molecular complexity index is 1750. The lowest BCUT2D eigenvalue weighted by Gasteiger charge is -2.18. The van der Waals surface area contributed by atoms with Crippen LogP contribution in [-0.2, 0) is 9.53 Å². The first-order valence-electron chi connectivity index (χ1n) is 14.5. The van der Waals surface area contributed by atoms with Crippen molar-refractivity contribution in [2.45, 2.75) is 44.9 Å². The average Bonchev–Trinajstić information content (AvgIpc) is 3.35. The number of hydrogen-bond acceptors (Lipinski definition) is 6. The van der Waals surface area contributed by atoms with Gasteiger partial charge in [0.25, 0.3) is 5.91 Å². The van der Waals surface area contributed by atoms with E-state index in [-0.39, 0.29) is 29.4 Å². The van der Waals surface area contributed by atoms with Crippen LogP contribution in [0.25, 0.3) is 28.3 Å². The molecule has 1 amide bonds. The number of benzene rings is 3. The molecule has 240 valence electrons. The van der Waals surface area contributed by atoms with E-state index in [0.717, 1.165) is 0 Å². The summed E-state index contributed by atoms with van der Waals surface area (Å²) in [6.45, 7) is 3.65. The van der Waals surface area contributed by atoms with E-state index in [1.165, 1.54) is 67.8 Å². The topological polar surface area (TPSA) is 138 Å². The maximum absolute atomic E-state index is 14.3. The lowest BCUT2D eigenvalue weighted by molar-refractivity contribution is -0.139. The van der Waals surface area contributed by atoms with Crippen molar-refractivity contribution < 1.29 is 43.2 Å². The first kappa shape index (κ1) is 33.8. The SMILES string of the molecule is COC(=O)c1ccccc1NC(=O)c1c(-c2ccc(F)cc2)c(-c2ccc(F)cc2)c(C=C[C@H](O)C[C@H](O)CC(=O)O)n1C(C)C. The summed E-state index contributed by atoms with van der Waals surface area (Å²) in [6, 6.07) is 17.0. The number of methoxy groups -OCH3 is 1. The molecule has 1 aromatic heterocycles. The van der Waals surface area contributed by atoms with Crippen LogP contribution in [0.2, 0.25) is 0 Å². The summed E-state index contributed by atoms with van der Waals surface area (Å²) in [4.78, 5) is 37.8. The number of esters is 1. The molecule has 3 aromatic carbocycles. The van der Waals surface area contributed by atoms with Crippen LogP contribution >= 0.6 is 0 Å². The number of nitrogens with one attached hydrogen (secondary N) is 1. The fraction of sp³-hybridized carbons (Fsp3) is 0.229. The minimum absolute atomic E-state index is 0.117. The van der Waals surface area contributed by atoms with Gasteiger partial charge in [0.15, 0.2) is 0 Å². The molecule has 4 N–H and O–H groups in total. The van der Waals surface area contributed by atoms with Gasteiger partial charge >= 0.3 is 11.9 Å². The molecule has 1 heterocycles. The number of amides is 1.